The molecule has 3 N–H and O–H groups in total. The highest BCUT2D eigenvalue weighted by Crippen LogP contribution is 2.24. The number of hydrogen-bond acceptors (Lipinski definition) is 3. The molecule has 76 valence electrons. The average molecular weight is 197 g/mol. The highest BCUT2D eigenvalue weighted by Gasteiger charge is 2.15. The van der Waals surface area contributed by atoms with Crippen molar-refractivity contribution in [1.29, 1.82) is 0 Å². The van der Waals surface area contributed by atoms with Crippen LogP contribution in [0.5, 0.6) is 5.75 Å². The lowest BCUT2D eigenvalue weighted by Crippen LogP contribution is -2.08. The Bertz CT molecular complexity index is 363. The van der Waals surface area contributed by atoms with Crippen LogP contribution in [0.3, 0.4) is 0 Å². The summed E-state index contributed by atoms with van der Waals surface area (Å²) in [5.74, 6) is -1.67. The van der Waals surface area contributed by atoms with Gasteiger partial charge >= 0.3 is 0 Å². The van der Waals surface area contributed by atoms with Crippen LogP contribution in [-0.2, 0) is 0 Å². The van der Waals surface area contributed by atoms with Gasteiger partial charge in [0.05, 0.1) is 5.56 Å². The summed E-state index contributed by atoms with van der Waals surface area (Å²) in [5.41, 5.74) is 5.50. The van der Waals surface area contributed by atoms with Gasteiger partial charge in [0.1, 0.15) is 0 Å². The van der Waals surface area contributed by atoms with Gasteiger partial charge in [0.2, 0.25) is 0 Å². The summed E-state index contributed by atoms with van der Waals surface area (Å²) in [6.45, 7) is 1.71. The maximum absolute atomic E-state index is 13.2. The molecule has 0 saturated carbocycles. The minimum atomic E-state index is -0.743. The van der Waals surface area contributed by atoms with E-state index in [0.29, 0.717) is 5.56 Å². The Labute approximate surface area is 81.4 Å². The van der Waals surface area contributed by atoms with Gasteiger partial charge in [-0.25, -0.2) is 4.39 Å². The molecule has 0 amide bonds. The van der Waals surface area contributed by atoms with Crippen LogP contribution in [0.15, 0.2) is 12.1 Å². The number of aromatic hydroxyl groups is 1. The molecule has 0 aliphatic heterocycles. The summed E-state index contributed by atoms with van der Waals surface area (Å²) in [5, 5.41) is 9.34. The predicted octanol–water partition coefficient (Wildman–Crippen LogP) is 1.37. The Balaban J connectivity index is 3.11. The number of Topliss-reactive ketones (excluding diaryl/α,β-unsaturated/α-hetero) is 1. The van der Waals surface area contributed by atoms with Gasteiger partial charge in [0, 0.05) is 6.42 Å². The van der Waals surface area contributed by atoms with E-state index >= 15 is 0 Å². The van der Waals surface area contributed by atoms with E-state index in [1.165, 1.54) is 19.1 Å². The summed E-state index contributed by atoms with van der Waals surface area (Å²) in [6, 6.07) is 2.87. The molecule has 0 radical (unpaired) electrons. The predicted molar refractivity (Wildman–Crippen MR) is 50.8 cm³/mol. The number of phenolic OH excluding ortho intramolecular Hbond substituents is 1. The Kier molecular flexibility index (Phi) is 3.19. The van der Waals surface area contributed by atoms with Crippen LogP contribution in [0.1, 0.15) is 22.3 Å². The second-order valence-corrected chi connectivity index (χ2v) is 3.05. The third kappa shape index (κ3) is 1.90. The van der Waals surface area contributed by atoms with Crippen LogP contribution in [-0.4, -0.2) is 17.4 Å². The molecular weight excluding hydrogens is 185 g/mol. The first-order valence-corrected chi connectivity index (χ1v) is 4.29. The molecule has 4 heteroatoms. The van der Waals surface area contributed by atoms with Crippen molar-refractivity contribution in [2.45, 2.75) is 13.3 Å². The van der Waals surface area contributed by atoms with E-state index in [1.54, 1.807) is 0 Å². The van der Waals surface area contributed by atoms with Crippen molar-refractivity contribution in [2.24, 2.45) is 5.73 Å². The van der Waals surface area contributed by atoms with E-state index in [0.717, 1.165) is 0 Å². The van der Waals surface area contributed by atoms with Crippen molar-refractivity contribution in [3.63, 3.8) is 0 Å². The molecular formula is C10H12FNO2. The third-order valence-electron chi connectivity index (χ3n) is 1.98. The highest BCUT2D eigenvalue weighted by molar-refractivity contribution is 5.98. The molecule has 1 aromatic carbocycles. The monoisotopic (exact) mass is 197 g/mol. The first-order chi connectivity index (χ1) is 6.57. The smallest absolute Gasteiger partial charge is 0.168 e. The van der Waals surface area contributed by atoms with Crippen molar-refractivity contribution in [3.05, 3.63) is 29.1 Å². The van der Waals surface area contributed by atoms with Gasteiger partial charge in [-0.1, -0.05) is 6.07 Å². The summed E-state index contributed by atoms with van der Waals surface area (Å²) in [7, 11) is 0. The highest BCUT2D eigenvalue weighted by atomic mass is 19.1. The fraction of sp³-hybridized carbons (Fsp3) is 0.300. The minimum absolute atomic E-state index is 0.00134. The van der Waals surface area contributed by atoms with Gasteiger partial charge in [-0.15, -0.1) is 0 Å². The van der Waals surface area contributed by atoms with Gasteiger partial charge in [-0.05, 0) is 25.1 Å². The van der Waals surface area contributed by atoms with Crippen molar-refractivity contribution >= 4 is 5.78 Å². The molecule has 0 spiro atoms. The van der Waals surface area contributed by atoms with E-state index in [-0.39, 0.29) is 24.3 Å². The largest absolute Gasteiger partial charge is 0.504 e. The number of halogens is 1. The number of aryl methyl sites for hydroxylation is 1. The number of benzene rings is 1. The number of carbonyl (C=O) groups is 1. The normalized spacial score (nSPS) is 10.2. The number of phenols is 1. The quantitative estimate of drug-likeness (QED) is 0.719. The van der Waals surface area contributed by atoms with Gasteiger partial charge in [-0.3, -0.25) is 4.79 Å². The molecule has 1 rings (SSSR count). The summed E-state index contributed by atoms with van der Waals surface area (Å²) >= 11 is 0. The zero-order chi connectivity index (χ0) is 10.7. The summed E-state index contributed by atoms with van der Waals surface area (Å²) in [6.07, 6.45) is 0.107. The van der Waals surface area contributed by atoms with E-state index in [4.69, 9.17) is 5.73 Å². The van der Waals surface area contributed by atoms with Crippen LogP contribution in [0.2, 0.25) is 0 Å². The molecule has 1 aromatic rings. The number of hydrogen-bond donors (Lipinski definition) is 2. The van der Waals surface area contributed by atoms with Crippen LogP contribution < -0.4 is 5.73 Å². The Morgan fingerprint density at radius 1 is 1.57 bits per heavy atom. The second-order valence-electron chi connectivity index (χ2n) is 3.05. The molecule has 0 unspecified atom stereocenters. The van der Waals surface area contributed by atoms with Crippen molar-refractivity contribution in [1.82, 2.24) is 0 Å². The lowest BCUT2D eigenvalue weighted by Gasteiger charge is -2.05. The fourth-order valence-electron chi connectivity index (χ4n) is 1.16. The number of rotatable bonds is 3. The van der Waals surface area contributed by atoms with E-state index < -0.39 is 11.6 Å². The third-order valence-corrected chi connectivity index (χ3v) is 1.98. The lowest BCUT2D eigenvalue weighted by molar-refractivity contribution is 0.0982. The van der Waals surface area contributed by atoms with Crippen molar-refractivity contribution in [2.75, 3.05) is 6.54 Å². The molecule has 0 saturated heterocycles. The Morgan fingerprint density at radius 2 is 2.21 bits per heavy atom. The Morgan fingerprint density at radius 3 is 2.79 bits per heavy atom. The van der Waals surface area contributed by atoms with Gasteiger partial charge in [0.15, 0.2) is 17.3 Å². The van der Waals surface area contributed by atoms with E-state index in [9.17, 15) is 14.3 Å². The first kappa shape index (κ1) is 10.7. The number of nitrogens with two attached hydrogens (primary N) is 1. The van der Waals surface area contributed by atoms with Crippen molar-refractivity contribution < 1.29 is 14.3 Å². The second kappa shape index (κ2) is 4.19. The molecule has 0 fully saturated rings. The van der Waals surface area contributed by atoms with Gasteiger partial charge in [-0.2, -0.15) is 0 Å². The van der Waals surface area contributed by atoms with Crippen LogP contribution >= 0.6 is 0 Å². The topological polar surface area (TPSA) is 63.3 Å². The molecule has 0 aliphatic rings. The maximum Gasteiger partial charge on any atom is 0.168 e. The molecule has 0 aliphatic carbocycles. The fourth-order valence-corrected chi connectivity index (χ4v) is 1.16. The Hall–Kier alpha value is -1.42. The number of ketones is 1. The lowest BCUT2D eigenvalue weighted by atomic mass is 10.0. The van der Waals surface area contributed by atoms with Crippen LogP contribution in [0, 0.1) is 12.7 Å². The molecule has 0 bridgehead atoms. The SMILES string of the molecule is Cc1ccc(C(=O)CCN)c(O)c1F. The van der Waals surface area contributed by atoms with E-state index in [2.05, 4.69) is 0 Å². The molecule has 0 aromatic heterocycles. The molecule has 0 heterocycles. The van der Waals surface area contributed by atoms with Gasteiger partial charge < -0.3 is 10.8 Å². The average Bonchev–Trinajstić information content (AvgIpc) is 2.15. The molecule has 0 atom stereocenters. The maximum atomic E-state index is 13.2. The van der Waals surface area contributed by atoms with Crippen LogP contribution in [0.4, 0.5) is 4.39 Å². The van der Waals surface area contributed by atoms with Gasteiger partial charge in [0.25, 0.3) is 0 Å². The summed E-state index contributed by atoms with van der Waals surface area (Å²) < 4.78 is 13.2. The number of carbonyl (C=O) groups excluding carboxylic acids is 1. The standard InChI is InChI=1S/C10H12FNO2/c1-6-2-3-7(8(13)4-5-12)10(14)9(6)11/h2-3,14H,4-5,12H2,1H3. The molecule has 14 heavy (non-hydrogen) atoms. The zero-order valence-electron chi connectivity index (χ0n) is 7.88. The van der Waals surface area contributed by atoms with Crippen LogP contribution in [0.25, 0.3) is 0 Å². The van der Waals surface area contributed by atoms with E-state index in [1.807, 2.05) is 0 Å². The van der Waals surface area contributed by atoms with Crippen molar-refractivity contribution in [3.8, 4) is 5.75 Å². The first-order valence-electron chi connectivity index (χ1n) is 4.29. The summed E-state index contributed by atoms with van der Waals surface area (Å²) in [4.78, 5) is 11.3. The molecule has 3 nitrogen and oxygen atoms in total. The zero-order valence-corrected chi connectivity index (χ0v) is 7.88. The minimum Gasteiger partial charge on any atom is -0.504 e.